The monoisotopic (exact) mass is 507 g/mol. The van der Waals surface area contributed by atoms with Crippen LogP contribution in [0.1, 0.15) is 30.4 Å². The first kappa shape index (κ1) is 25.7. The molecule has 0 atom stereocenters. The number of carbonyl (C=O) groups excluding carboxylic acids is 1. The Hall–Kier alpha value is -3.36. The van der Waals surface area contributed by atoms with Gasteiger partial charge in [0.15, 0.2) is 0 Å². The maximum Gasteiger partial charge on any atom is 0.264 e. The molecule has 36 heavy (non-hydrogen) atoms. The van der Waals surface area contributed by atoms with Gasteiger partial charge >= 0.3 is 0 Å². The van der Waals surface area contributed by atoms with Gasteiger partial charge < -0.3 is 10.1 Å². The van der Waals surface area contributed by atoms with Crippen molar-refractivity contribution in [2.75, 3.05) is 31.0 Å². The Balaban J connectivity index is 1.48. The fraction of sp³-hybridized carbons (Fsp3) is 0.321. The summed E-state index contributed by atoms with van der Waals surface area (Å²) in [5.41, 5.74) is 2.50. The van der Waals surface area contributed by atoms with Gasteiger partial charge in [0.05, 0.1) is 17.7 Å². The van der Waals surface area contributed by atoms with Crippen LogP contribution >= 0.6 is 0 Å². The molecule has 0 aliphatic carbocycles. The van der Waals surface area contributed by atoms with E-state index >= 15 is 0 Å². The molecule has 3 aromatic carbocycles. The molecule has 4 rings (SSSR count). The SMILES string of the molecule is COc1ccccc1N(CC(=O)NCc1cccc(CN2CCCCC2)c1)S(=O)(=O)c1ccccc1. The number of nitrogens with one attached hydrogen (secondary N) is 1. The summed E-state index contributed by atoms with van der Waals surface area (Å²) < 4.78 is 33.6. The van der Waals surface area contributed by atoms with Crippen molar-refractivity contribution in [3.8, 4) is 5.75 Å². The standard InChI is InChI=1S/C28H33N3O4S/c1-35-27-16-7-6-15-26(27)31(36(33,34)25-13-4-2-5-14-25)22-28(32)29-20-23-11-10-12-24(19-23)21-30-17-8-3-9-18-30/h2,4-7,10-16,19H,3,8-9,17-18,20-22H2,1H3,(H,29,32). The van der Waals surface area contributed by atoms with E-state index in [-0.39, 0.29) is 11.4 Å². The lowest BCUT2D eigenvalue weighted by Crippen LogP contribution is -2.40. The number of nitrogens with zero attached hydrogens (tertiary/aromatic N) is 2. The summed E-state index contributed by atoms with van der Waals surface area (Å²) in [4.78, 5) is 15.6. The Morgan fingerprint density at radius 2 is 1.61 bits per heavy atom. The van der Waals surface area contributed by atoms with Gasteiger partial charge in [-0.2, -0.15) is 0 Å². The molecular weight excluding hydrogens is 474 g/mol. The number of likely N-dealkylation sites (tertiary alicyclic amines) is 1. The number of sulfonamides is 1. The van der Waals surface area contributed by atoms with Crippen LogP contribution in [0.4, 0.5) is 5.69 Å². The molecule has 1 fully saturated rings. The quantitative estimate of drug-likeness (QED) is 0.445. The molecule has 0 bridgehead atoms. The van der Waals surface area contributed by atoms with Gasteiger partial charge in [-0.3, -0.25) is 14.0 Å². The highest BCUT2D eigenvalue weighted by molar-refractivity contribution is 7.92. The Morgan fingerprint density at radius 1 is 0.917 bits per heavy atom. The highest BCUT2D eigenvalue weighted by Crippen LogP contribution is 2.32. The van der Waals surface area contributed by atoms with E-state index in [1.807, 2.05) is 12.1 Å². The maximum absolute atomic E-state index is 13.5. The zero-order valence-corrected chi connectivity index (χ0v) is 21.4. The number of methoxy groups -OCH3 is 1. The predicted octanol–water partition coefficient (Wildman–Crippen LogP) is 4.19. The number of amides is 1. The Bertz CT molecular complexity index is 1260. The third-order valence-corrected chi connectivity index (χ3v) is 8.08. The molecule has 7 nitrogen and oxygen atoms in total. The number of hydrogen-bond acceptors (Lipinski definition) is 5. The van der Waals surface area contributed by atoms with E-state index in [0.717, 1.165) is 29.5 Å². The van der Waals surface area contributed by atoms with Crippen molar-refractivity contribution in [1.29, 1.82) is 0 Å². The lowest BCUT2D eigenvalue weighted by atomic mass is 10.1. The molecule has 1 heterocycles. The first-order valence-electron chi connectivity index (χ1n) is 12.2. The van der Waals surface area contributed by atoms with Crippen LogP contribution in [-0.4, -0.2) is 46.0 Å². The first-order chi connectivity index (χ1) is 17.5. The van der Waals surface area contributed by atoms with Crippen LogP contribution in [0.15, 0.2) is 83.8 Å². The minimum absolute atomic E-state index is 0.106. The smallest absolute Gasteiger partial charge is 0.264 e. The minimum atomic E-state index is -4.00. The zero-order valence-electron chi connectivity index (χ0n) is 20.6. The van der Waals surface area contributed by atoms with Crippen molar-refractivity contribution in [3.63, 3.8) is 0 Å². The highest BCUT2D eigenvalue weighted by Gasteiger charge is 2.29. The molecule has 1 amide bonds. The summed E-state index contributed by atoms with van der Waals surface area (Å²) in [5.74, 6) is -0.0305. The van der Waals surface area contributed by atoms with Crippen molar-refractivity contribution >= 4 is 21.6 Å². The van der Waals surface area contributed by atoms with E-state index < -0.39 is 15.9 Å². The van der Waals surface area contributed by atoms with Gasteiger partial charge in [-0.15, -0.1) is 0 Å². The number of para-hydroxylation sites is 2. The van der Waals surface area contributed by atoms with Crippen LogP contribution in [0, 0.1) is 0 Å². The van der Waals surface area contributed by atoms with E-state index in [1.54, 1.807) is 42.5 Å². The van der Waals surface area contributed by atoms with Crippen LogP contribution in [-0.2, 0) is 27.9 Å². The molecular formula is C28H33N3O4S. The molecule has 1 saturated heterocycles. The zero-order chi connectivity index (χ0) is 25.4. The van der Waals surface area contributed by atoms with Gasteiger partial charge in [0.2, 0.25) is 5.91 Å². The Labute approximate surface area is 213 Å². The summed E-state index contributed by atoms with van der Waals surface area (Å²) in [6.45, 7) is 3.09. The van der Waals surface area contributed by atoms with Crippen molar-refractivity contribution < 1.29 is 17.9 Å². The van der Waals surface area contributed by atoms with Gasteiger partial charge in [-0.25, -0.2) is 8.42 Å². The summed E-state index contributed by atoms with van der Waals surface area (Å²) >= 11 is 0. The van der Waals surface area contributed by atoms with Crippen LogP contribution in [0.5, 0.6) is 5.75 Å². The van der Waals surface area contributed by atoms with Gasteiger partial charge in [0.1, 0.15) is 12.3 Å². The van der Waals surface area contributed by atoms with Gasteiger partial charge in [-0.05, 0) is 61.3 Å². The van der Waals surface area contributed by atoms with Crippen molar-refractivity contribution in [2.24, 2.45) is 0 Å². The lowest BCUT2D eigenvalue weighted by molar-refractivity contribution is -0.119. The van der Waals surface area contributed by atoms with Crippen LogP contribution < -0.4 is 14.4 Å². The molecule has 1 aliphatic heterocycles. The second-order valence-corrected chi connectivity index (χ2v) is 10.8. The average molecular weight is 508 g/mol. The molecule has 0 aromatic heterocycles. The normalized spacial score (nSPS) is 14.2. The summed E-state index contributed by atoms with van der Waals surface area (Å²) in [7, 11) is -2.53. The van der Waals surface area contributed by atoms with Crippen molar-refractivity contribution in [2.45, 2.75) is 37.2 Å². The summed E-state index contributed by atoms with van der Waals surface area (Å²) in [6, 6.07) is 23.1. The summed E-state index contributed by atoms with van der Waals surface area (Å²) in [6.07, 6.45) is 3.78. The summed E-state index contributed by atoms with van der Waals surface area (Å²) in [5, 5.41) is 2.89. The number of anilines is 1. The molecule has 1 N–H and O–H groups in total. The number of hydrogen-bond donors (Lipinski definition) is 1. The Morgan fingerprint density at radius 3 is 2.36 bits per heavy atom. The van der Waals surface area contributed by atoms with E-state index in [1.165, 1.54) is 44.1 Å². The fourth-order valence-corrected chi connectivity index (χ4v) is 5.91. The van der Waals surface area contributed by atoms with Crippen molar-refractivity contribution in [1.82, 2.24) is 10.2 Å². The van der Waals surface area contributed by atoms with Crippen LogP contribution in [0.25, 0.3) is 0 Å². The van der Waals surface area contributed by atoms with Gasteiger partial charge in [-0.1, -0.05) is 61.0 Å². The molecule has 0 unspecified atom stereocenters. The molecule has 8 heteroatoms. The molecule has 0 radical (unpaired) electrons. The van der Waals surface area contributed by atoms with Gasteiger partial charge in [0.25, 0.3) is 10.0 Å². The number of ether oxygens (including phenoxy) is 1. The maximum atomic E-state index is 13.5. The molecule has 1 aliphatic rings. The second kappa shape index (κ2) is 12.1. The molecule has 0 saturated carbocycles. The number of rotatable bonds is 10. The van der Waals surface area contributed by atoms with Crippen molar-refractivity contribution in [3.05, 3.63) is 90.0 Å². The van der Waals surface area contributed by atoms with E-state index in [0.29, 0.717) is 18.0 Å². The third kappa shape index (κ3) is 6.44. The number of benzene rings is 3. The molecule has 190 valence electrons. The minimum Gasteiger partial charge on any atom is -0.495 e. The largest absolute Gasteiger partial charge is 0.495 e. The average Bonchev–Trinajstić information content (AvgIpc) is 2.92. The Kier molecular flexibility index (Phi) is 8.61. The number of piperidine rings is 1. The van der Waals surface area contributed by atoms with E-state index in [9.17, 15) is 13.2 Å². The van der Waals surface area contributed by atoms with E-state index in [4.69, 9.17) is 4.74 Å². The van der Waals surface area contributed by atoms with Gasteiger partial charge in [0, 0.05) is 13.1 Å². The molecule has 3 aromatic rings. The molecule has 0 spiro atoms. The van der Waals surface area contributed by atoms with Crippen LogP contribution in [0.2, 0.25) is 0 Å². The third-order valence-electron chi connectivity index (χ3n) is 6.31. The second-order valence-electron chi connectivity index (χ2n) is 8.93. The van der Waals surface area contributed by atoms with E-state index in [2.05, 4.69) is 22.3 Å². The predicted molar refractivity (Wildman–Crippen MR) is 141 cm³/mol. The topological polar surface area (TPSA) is 79.0 Å². The fourth-order valence-electron chi connectivity index (χ4n) is 4.46. The number of carbonyl (C=O) groups is 1. The highest BCUT2D eigenvalue weighted by atomic mass is 32.2. The first-order valence-corrected chi connectivity index (χ1v) is 13.7. The van der Waals surface area contributed by atoms with Crippen LogP contribution in [0.3, 0.4) is 0 Å². The lowest BCUT2D eigenvalue weighted by Gasteiger charge is -2.26.